The van der Waals surface area contributed by atoms with Crippen molar-refractivity contribution in [2.24, 2.45) is 0 Å². The minimum Gasteiger partial charge on any atom is -0.488 e. The number of rotatable bonds is 4. The van der Waals surface area contributed by atoms with E-state index < -0.39 is 5.60 Å². The van der Waals surface area contributed by atoms with Gasteiger partial charge in [0.25, 0.3) is 0 Å². The Kier molecular flexibility index (Phi) is 5.21. The number of nitrogen functional groups attached to an aromatic ring is 1. The smallest absolute Gasteiger partial charge is 0.410 e. The number of hydrogen-bond acceptors (Lipinski definition) is 5. The number of ether oxygens (including phenoxy) is 2. The monoisotopic (exact) mass is 361 g/mol. The lowest BCUT2D eigenvalue weighted by Crippen LogP contribution is -2.47. The van der Waals surface area contributed by atoms with Gasteiger partial charge < -0.3 is 25.0 Å². The number of amides is 1. The van der Waals surface area contributed by atoms with Gasteiger partial charge in [0.1, 0.15) is 11.4 Å². The second-order valence-corrected chi connectivity index (χ2v) is 8.35. The minimum atomic E-state index is -0.464. The van der Waals surface area contributed by atoms with Gasteiger partial charge in [-0.15, -0.1) is 0 Å². The summed E-state index contributed by atoms with van der Waals surface area (Å²) in [6, 6.07) is 6.25. The van der Waals surface area contributed by atoms with E-state index in [2.05, 4.69) is 11.0 Å². The molecule has 1 heterocycles. The van der Waals surface area contributed by atoms with Crippen LogP contribution in [0.2, 0.25) is 0 Å². The molecule has 26 heavy (non-hydrogen) atoms. The molecule has 6 heteroatoms. The van der Waals surface area contributed by atoms with Gasteiger partial charge in [-0.25, -0.2) is 4.79 Å². The van der Waals surface area contributed by atoms with Crippen LogP contribution in [0.4, 0.5) is 16.2 Å². The molecule has 2 aliphatic rings. The van der Waals surface area contributed by atoms with Crippen LogP contribution >= 0.6 is 0 Å². The van der Waals surface area contributed by atoms with Crippen LogP contribution in [-0.2, 0) is 4.74 Å². The number of nitrogens with two attached hydrogens (primary N) is 1. The molecule has 1 aromatic carbocycles. The van der Waals surface area contributed by atoms with Crippen molar-refractivity contribution in [2.75, 3.05) is 30.8 Å². The largest absolute Gasteiger partial charge is 0.488 e. The van der Waals surface area contributed by atoms with E-state index in [0.29, 0.717) is 11.8 Å². The summed E-state index contributed by atoms with van der Waals surface area (Å²) in [5.74, 6) is 0.788. The molecular formula is C20H31N3O3. The normalized spacial score (nSPS) is 18.5. The number of carbonyl (C=O) groups is 1. The fourth-order valence-corrected chi connectivity index (χ4v) is 3.20. The van der Waals surface area contributed by atoms with Gasteiger partial charge in [0.05, 0.1) is 11.8 Å². The minimum absolute atomic E-state index is 0.205. The van der Waals surface area contributed by atoms with Crippen LogP contribution in [0.25, 0.3) is 0 Å². The first-order valence-electron chi connectivity index (χ1n) is 9.50. The maximum absolute atomic E-state index is 12.2. The summed E-state index contributed by atoms with van der Waals surface area (Å²) in [7, 11) is 1.83. The van der Waals surface area contributed by atoms with E-state index in [4.69, 9.17) is 15.2 Å². The fraction of sp³-hybridized carbons (Fsp3) is 0.650. The van der Waals surface area contributed by atoms with Crippen LogP contribution in [0, 0.1) is 0 Å². The molecule has 3 rings (SSSR count). The number of hydrogen-bond donors (Lipinski definition) is 1. The first kappa shape index (κ1) is 18.7. The second-order valence-electron chi connectivity index (χ2n) is 8.35. The molecule has 0 radical (unpaired) electrons. The molecule has 0 unspecified atom stereocenters. The van der Waals surface area contributed by atoms with Crippen molar-refractivity contribution in [1.29, 1.82) is 0 Å². The molecule has 0 atom stereocenters. The predicted molar refractivity (Wildman–Crippen MR) is 104 cm³/mol. The Bertz CT molecular complexity index is 644. The van der Waals surface area contributed by atoms with Crippen LogP contribution in [0.5, 0.6) is 5.75 Å². The Balaban J connectivity index is 1.54. The van der Waals surface area contributed by atoms with E-state index in [9.17, 15) is 4.79 Å². The summed E-state index contributed by atoms with van der Waals surface area (Å²) in [6.07, 6.45) is 4.18. The van der Waals surface area contributed by atoms with E-state index in [1.165, 1.54) is 0 Å². The average molecular weight is 361 g/mol. The number of carbonyl (C=O) groups excluding carboxylic acids is 1. The topological polar surface area (TPSA) is 68.0 Å². The number of anilines is 2. The highest BCUT2D eigenvalue weighted by atomic mass is 16.6. The third kappa shape index (κ3) is 4.74. The Hall–Kier alpha value is -2.11. The molecule has 1 saturated carbocycles. The molecule has 2 fully saturated rings. The van der Waals surface area contributed by atoms with Crippen LogP contribution in [-0.4, -0.2) is 48.9 Å². The lowest BCUT2D eigenvalue weighted by Gasteiger charge is -2.38. The maximum Gasteiger partial charge on any atom is 0.410 e. The zero-order valence-electron chi connectivity index (χ0n) is 16.3. The van der Waals surface area contributed by atoms with Gasteiger partial charge in [-0.3, -0.25) is 0 Å². The molecule has 1 amide bonds. The molecule has 0 bridgehead atoms. The van der Waals surface area contributed by atoms with Crippen molar-refractivity contribution in [1.82, 2.24) is 4.90 Å². The summed E-state index contributed by atoms with van der Waals surface area (Å²) in [6.45, 7) is 7.45. The van der Waals surface area contributed by atoms with E-state index in [-0.39, 0.29) is 12.1 Å². The first-order chi connectivity index (χ1) is 12.2. The summed E-state index contributed by atoms with van der Waals surface area (Å²) >= 11 is 0. The predicted octanol–water partition coefficient (Wildman–Crippen LogP) is 3.65. The highest BCUT2D eigenvalue weighted by Crippen LogP contribution is 2.34. The van der Waals surface area contributed by atoms with E-state index >= 15 is 0 Å². The molecule has 1 aliphatic heterocycles. The fourth-order valence-electron chi connectivity index (χ4n) is 3.20. The van der Waals surface area contributed by atoms with Crippen molar-refractivity contribution in [3.8, 4) is 5.75 Å². The zero-order valence-corrected chi connectivity index (χ0v) is 16.3. The highest BCUT2D eigenvalue weighted by Gasteiger charge is 2.29. The van der Waals surface area contributed by atoms with Crippen molar-refractivity contribution in [2.45, 2.75) is 64.2 Å². The van der Waals surface area contributed by atoms with Crippen LogP contribution < -0.4 is 15.4 Å². The Labute approximate surface area is 156 Å². The Morgan fingerprint density at radius 3 is 2.38 bits per heavy atom. The van der Waals surface area contributed by atoms with Gasteiger partial charge >= 0.3 is 6.09 Å². The first-order valence-corrected chi connectivity index (χ1v) is 9.50. The lowest BCUT2D eigenvalue weighted by atomic mass is 10.0. The molecule has 1 aromatic rings. The zero-order chi connectivity index (χ0) is 18.9. The van der Waals surface area contributed by atoms with Gasteiger partial charge in [0.2, 0.25) is 0 Å². The Morgan fingerprint density at radius 1 is 1.19 bits per heavy atom. The van der Waals surface area contributed by atoms with Crippen molar-refractivity contribution >= 4 is 17.5 Å². The van der Waals surface area contributed by atoms with Gasteiger partial charge in [0.15, 0.2) is 0 Å². The SMILES string of the molecule is CN(C(=O)OC(C)(C)C)C1CCN(c2ccc(OC3CC3)c(N)c2)CC1. The van der Waals surface area contributed by atoms with Crippen LogP contribution in [0.3, 0.4) is 0 Å². The molecular weight excluding hydrogens is 330 g/mol. The number of piperidine rings is 1. The number of benzene rings is 1. The van der Waals surface area contributed by atoms with Gasteiger partial charge in [-0.05, 0) is 64.7 Å². The van der Waals surface area contributed by atoms with Gasteiger partial charge in [-0.2, -0.15) is 0 Å². The molecule has 1 aliphatic carbocycles. The number of nitrogens with zero attached hydrogens (tertiary/aromatic N) is 2. The maximum atomic E-state index is 12.2. The average Bonchev–Trinajstić information content (AvgIpc) is 3.39. The van der Waals surface area contributed by atoms with Gasteiger partial charge in [0, 0.05) is 31.9 Å². The van der Waals surface area contributed by atoms with E-state index in [1.807, 2.05) is 40.0 Å². The third-order valence-electron chi connectivity index (χ3n) is 4.87. The molecule has 0 spiro atoms. The van der Waals surface area contributed by atoms with Crippen LogP contribution in [0.1, 0.15) is 46.5 Å². The van der Waals surface area contributed by atoms with Crippen LogP contribution in [0.15, 0.2) is 18.2 Å². The molecule has 6 nitrogen and oxygen atoms in total. The summed E-state index contributed by atoms with van der Waals surface area (Å²) in [5.41, 5.74) is 7.50. The molecule has 144 valence electrons. The summed E-state index contributed by atoms with van der Waals surface area (Å²) in [4.78, 5) is 16.3. The lowest BCUT2D eigenvalue weighted by molar-refractivity contribution is 0.0201. The van der Waals surface area contributed by atoms with Gasteiger partial charge in [-0.1, -0.05) is 0 Å². The van der Waals surface area contributed by atoms with Crippen molar-refractivity contribution in [3.63, 3.8) is 0 Å². The third-order valence-corrected chi connectivity index (χ3v) is 4.87. The Morgan fingerprint density at radius 2 is 1.85 bits per heavy atom. The van der Waals surface area contributed by atoms with E-state index in [1.54, 1.807) is 4.90 Å². The molecule has 1 saturated heterocycles. The summed E-state index contributed by atoms with van der Waals surface area (Å²) < 4.78 is 11.3. The quantitative estimate of drug-likeness (QED) is 0.829. The van der Waals surface area contributed by atoms with E-state index in [0.717, 1.165) is 50.2 Å². The van der Waals surface area contributed by atoms with Crippen molar-refractivity contribution < 1.29 is 14.3 Å². The summed E-state index contributed by atoms with van der Waals surface area (Å²) in [5, 5.41) is 0. The van der Waals surface area contributed by atoms with Crippen molar-refractivity contribution in [3.05, 3.63) is 18.2 Å². The highest BCUT2D eigenvalue weighted by molar-refractivity contribution is 5.68. The molecule has 0 aromatic heterocycles. The standard InChI is InChI=1S/C20H31N3O3/c1-20(2,3)26-19(24)22(4)14-9-11-23(12-10-14)15-5-8-18(17(21)13-15)25-16-6-7-16/h5,8,13-14,16H,6-7,9-12,21H2,1-4H3. The molecule has 2 N–H and O–H groups in total. The second kappa shape index (κ2) is 7.25.